The number of carbonyl (C=O) groups excluding carboxylic acids is 1. The quantitative estimate of drug-likeness (QED) is 0.821. The van der Waals surface area contributed by atoms with Crippen LogP contribution >= 0.6 is 0 Å². The Morgan fingerprint density at radius 3 is 2.38 bits per heavy atom. The number of carboxylic acid groups (broad SMARTS) is 1. The zero-order valence-electron chi connectivity index (χ0n) is 11.7. The second-order valence-corrected chi connectivity index (χ2v) is 4.52. The fourth-order valence-electron chi connectivity index (χ4n) is 1.67. The van der Waals surface area contributed by atoms with Crippen molar-refractivity contribution in [2.75, 3.05) is 18.4 Å². The van der Waals surface area contributed by atoms with Gasteiger partial charge in [0.05, 0.1) is 11.3 Å². The van der Waals surface area contributed by atoms with Crippen LogP contribution in [0.1, 0.15) is 24.2 Å². The number of urea groups is 1. The first-order chi connectivity index (χ1) is 9.76. The van der Waals surface area contributed by atoms with Gasteiger partial charge in [0.25, 0.3) is 0 Å². The summed E-state index contributed by atoms with van der Waals surface area (Å²) < 4.78 is 26.3. The SMILES string of the molecule is C=C(C)CN(CC)C(=O)Nc1cc(F)c(F)cc1C(=O)O. The van der Waals surface area contributed by atoms with Crippen molar-refractivity contribution < 1.29 is 23.5 Å². The predicted octanol–water partition coefficient (Wildman–Crippen LogP) is 3.09. The van der Waals surface area contributed by atoms with Crippen LogP contribution in [0.5, 0.6) is 0 Å². The van der Waals surface area contributed by atoms with Crippen molar-refractivity contribution in [3.8, 4) is 0 Å². The Morgan fingerprint density at radius 2 is 1.90 bits per heavy atom. The van der Waals surface area contributed by atoms with Crippen molar-refractivity contribution in [3.63, 3.8) is 0 Å². The van der Waals surface area contributed by atoms with Gasteiger partial charge in [0.15, 0.2) is 11.6 Å². The van der Waals surface area contributed by atoms with Gasteiger partial charge >= 0.3 is 12.0 Å². The van der Waals surface area contributed by atoms with E-state index in [0.717, 1.165) is 5.57 Å². The number of hydrogen-bond donors (Lipinski definition) is 2. The van der Waals surface area contributed by atoms with E-state index in [1.165, 1.54) is 4.90 Å². The molecule has 1 aromatic carbocycles. The number of nitrogens with zero attached hydrogens (tertiary/aromatic N) is 1. The third kappa shape index (κ3) is 4.27. The number of aromatic carboxylic acids is 1. The fourth-order valence-corrected chi connectivity index (χ4v) is 1.67. The Kier molecular flexibility index (Phi) is 5.40. The minimum absolute atomic E-state index is 0.272. The van der Waals surface area contributed by atoms with Gasteiger partial charge < -0.3 is 15.3 Å². The first kappa shape index (κ1) is 16.6. The van der Waals surface area contributed by atoms with Gasteiger partial charge in [-0.2, -0.15) is 0 Å². The highest BCUT2D eigenvalue weighted by atomic mass is 19.2. The summed E-state index contributed by atoms with van der Waals surface area (Å²) in [6, 6.07) is 0.558. The highest BCUT2D eigenvalue weighted by molar-refractivity contribution is 6.00. The van der Waals surface area contributed by atoms with Gasteiger partial charge in [0, 0.05) is 19.2 Å². The molecular weight excluding hydrogens is 282 g/mol. The van der Waals surface area contributed by atoms with E-state index in [-0.39, 0.29) is 12.2 Å². The molecule has 5 nitrogen and oxygen atoms in total. The highest BCUT2D eigenvalue weighted by Crippen LogP contribution is 2.20. The third-order valence-corrected chi connectivity index (χ3v) is 2.66. The van der Waals surface area contributed by atoms with Crippen molar-refractivity contribution in [2.45, 2.75) is 13.8 Å². The largest absolute Gasteiger partial charge is 0.478 e. The summed E-state index contributed by atoms with van der Waals surface area (Å²) in [4.78, 5) is 24.4. The molecular formula is C14H16F2N2O3. The molecule has 0 unspecified atom stereocenters. The predicted molar refractivity (Wildman–Crippen MR) is 74.4 cm³/mol. The maximum absolute atomic E-state index is 13.2. The van der Waals surface area contributed by atoms with Crippen molar-refractivity contribution in [2.24, 2.45) is 0 Å². The number of anilines is 1. The summed E-state index contributed by atoms with van der Waals surface area (Å²) in [5, 5.41) is 11.2. The highest BCUT2D eigenvalue weighted by Gasteiger charge is 2.19. The van der Waals surface area contributed by atoms with Crippen molar-refractivity contribution in [1.82, 2.24) is 4.90 Å². The molecule has 1 rings (SSSR count). The first-order valence-electron chi connectivity index (χ1n) is 6.18. The molecule has 1 aromatic rings. The Bertz CT molecular complexity index is 588. The van der Waals surface area contributed by atoms with E-state index in [2.05, 4.69) is 11.9 Å². The molecule has 0 saturated carbocycles. The average molecular weight is 298 g/mol. The van der Waals surface area contributed by atoms with E-state index in [4.69, 9.17) is 5.11 Å². The molecule has 2 N–H and O–H groups in total. The number of nitrogens with one attached hydrogen (secondary N) is 1. The number of rotatable bonds is 5. The maximum atomic E-state index is 13.2. The van der Waals surface area contributed by atoms with Crippen LogP contribution in [0, 0.1) is 11.6 Å². The number of carboxylic acids is 1. The third-order valence-electron chi connectivity index (χ3n) is 2.66. The molecule has 7 heteroatoms. The number of benzene rings is 1. The summed E-state index contributed by atoms with van der Waals surface area (Å²) >= 11 is 0. The molecule has 0 atom stereocenters. The molecule has 0 aromatic heterocycles. The lowest BCUT2D eigenvalue weighted by Gasteiger charge is -2.22. The standard InChI is InChI=1S/C14H16F2N2O3/c1-4-18(7-8(2)3)14(21)17-12-6-11(16)10(15)5-9(12)13(19)20/h5-6H,2,4,7H2,1,3H3,(H,17,21)(H,19,20). The maximum Gasteiger partial charge on any atom is 0.337 e. The smallest absolute Gasteiger partial charge is 0.337 e. The fraction of sp³-hybridized carbons (Fsp3) is 0.286. The Hall–Kier alpha value is -2.44. The van der Waals surface area contributed by atoms with Crippen molar-refractivity contribution in [1.29, 1.82) is 0 Å². The summed E-state index contributed by atoms with van der Waals surface area (Å²) in [5.41, 5.74) is -0.0871. The summed E-state index contributed by atoms with van der Waals surface area (Å²) in [7, 11) is 0. The van der Waals surface area contributed by atoms with Gasteiger partial charge in [-0.25, -0.2) is 18.4 Å². The Balaban J connectivity index is 3.06. The molecule has 0 bridgehead atoms. The number of likely N-dealkylation sites (N-methyl/N-ethyl adjacent to an activating group) is 1. The number of amides is 2. The molecule has 0 aliphatic carbocycles. The van der Waals surface area contributed by atoms with E-state index < -0.39 is 29.2 Å². The molecule has 2 amide bonds. The zero-order chi connectivity index (χ0) is 16.2. The summed E-state index contributed by atoms with van der Waals surface area (Å²) in [6.07, 6.45) is 0. The molecule has 0 aliphatic rings. The van der Waals surface area contributed by atoms with Crippen LogP contribution in [-0.2, 0) is 0 Å². The molecule has 0 spiro atoms. The van der Waals surface area contributed by atoms with Crippen LogP contribution in [0.15, 0.2) is 24.3 Å². The minimum Gasteiger partial charge on any atom is -0.478 e. The van der Waals surface area contributed by atoms with Crippen molar-refractivity contribution in [3.05, 3.63) is 41.5 Å². The lowest BCUT2D eigenvalue weighted by atomic mass is 10.1. The molecule has 0 saturated heterocycles. The molecule has 0 aliphatic heterocycles. The lowest BCUT2D eigenvalue weighted by Crippen LogP contribution is -2.36. The monoisotopic (exact) mass is 298 g/mol. The van der Waals surface area contributed by atoms with E-state index >= 15 is 0 Å². The molecule has 114 valence electrons. The van der Waals surface area contributed by atoms with Gasteiger partial charge in [-0.1, -0.05) is 12.2 Å². The lowest BCUT2D eigenvalue weighted by molar-refractivity contribution is 0.0697. The number of carbonyl (C=O) groups is 2. The van der Waals surface area contributed by atoms with Gasteiger partial charge in [-0.15, -0.1) is 0 Å². The second kappa shape index (κ2) is 6.83. The number of hydrogen-bond acceptors (Lipinski definition) is 2. The van der Waals surface area contributed by atoms with E-state index in [9.17, 15) is 18.4 Å². The topological polar surface area (TPSA) is 69.6 Å². The second-order valence-electron chi connectivity index (χ2n) is 4.52. The van der Waals surface area contributed by atoms with Crippen LogP contribution < -0.4 is 5.32 Å². The zero-order valence-corrected chi connectivity index (χ0v) is 11.7. The molecule has 0 heterocycles. The van der Waals surface area contributed by atoms with Crippen LogP contribution in [0.4, 0.5) is 19.3 Å². The van der Waals surface area contributed by atoms with Crippen molar-refractivity contribution >= 4 is 17.7 Å². The minimum atomic E-state index is -1.47. The van der Waals surface area contributed by atoms with E-state index in [1.54, 1.807) is 13.8 Å². The van der Waals surface area contributed by atoms with Gasteiger partial charge in [0.1, 0.15) is 0 Å². The van der Waals surface area contributed by atoms with Gasteiger partial charge in [-0.3, -0.25) is 0 Å². The molecule has 0 fully saturated rings. The molecule has 0 radical (unpaired) electrons. The van der Waals surface area contributed by atoms with Crippen LogP contribution in [0.25, 0.3) is 0 Å². The van der Waals surface area contributed by atoms with Gasteiger partial charge in [-0.05, 0) is 19.9 Å². The Morgan fingerprint density at radius 1 is 1.33 bits per heavy atom. The van der Waals surface area contributed by atoms with Crippen LogP contribution in [0.3, 0.4) is 0 Å². The molecule has 21 heavy (non-hydrogen) atoms. The number of halogens is 2. The van der Waals surface area contributed by atoms with E-state index in [1.807, 2.05) is 0 Å². The average Bonchev–Trinajstić information content (AvgIpc) is 2.39. The van der Waals surface area contributed by atoms with Crippen LogP contribution in [-0.4, -0.2) is 35.1 Å². The Labute approximate surface area is 120 Å². The first-order valence-corrected chi connectivity index (χ1v) is 6.18. The normalized spacial score (nSPS) is 10.1. The summed E-state index contributed by atoms with van der Waals surface area (Å²) in [6.45, 7) is 7.76. The van der Waals surface area contributed by atoms with E-state index in [0.29, 0.717) is 18.7 Å². The van der Waals surface area contributed by atoms with Crippen LogP contribution in [0.2, 0.25) is 0 Å². The summed E-state index contributed by atoms with van der Waals surface area (Å²) in [5.74, 6) is -4.00. The van der Waals surface area contributed by atoms with Gasteiger partial charge in [0.2, 0.25) is 0 Å².